The van der Waals surface area contributed by atoms with Crippen molar-refractivity contribution in [1.82, 2.24) is 19.9 Å². The molecule has 0 spiro atoms. The molecule has 1 aliphatic rings. The molecule has 2 aromatic rings. The molecule has 0 radical (unpaired) electrons. The molecular formula is C18H24N4O2. The van der Waals surface area contributed by atoms with Crippen LogP contribution in [0, 0.1) is 6.92 Å². The topological polar surface area (TPSA) is 62.5 Å². The van der Waals surface area contributed by atoms with Crippen molar-refractivity contribution in [1.29, 1.82) is 0 Å². The molecule has 3 heterocycles. The van der Waals surface area contributed by atoms with Crippen LogP contribution in [0.2, 0.25) is 0 Å². The third-order valence-electron chi connectivity index (χ3n) is 4.58. The molecule has 2 aromatic heterocycles. The molecule has 1 fully saturated rings. The Hall–Kier alpha value is -2.21. The van der Waals surface area contributed by atoms with Crippen molar-refractivity contribution in [3.05, 3.63) is 47.6 Å². The summed E-state index contributed by atoms with van der Waals surface area (Å²) in [6.07, 6.45) is 4.87. The van der Waals surface area contributed by atoms with Crippen LogP contribution in [0.15, 0.2) is 35.0 Å². The SMILES string of the molecule is Cc1cc(C(=O)N2CCCC(N(C)Cc3ccccn3)CC2)on1. The summed E-state index contributed by atoms with van der Waals surface area (Å²) in [5.41, 5.74) is 1.82. The minimum absolute atomic E-state index is 0.0522. The van der Waals surface area contributed by atoms with Crippen LogP contribution in [0.5, 0.6) is 0 Å². The van der Waals surface area contributed by atoms with Crippen molar-refractivity contribution in [2.45, 2.75) is 38.8 Å². The molecule has 0 aromatic carbocycles. The van der Waals surface area contributed by atoms with E-state index in [-0.39, 0.29) is 5.91 Å². The highest BCUT2D eigenvalue weighted by atomic mass is 16.5. The maximum atomic E-state index is 12.5. The van der Waals surface area contributed by atoms with Crippen LogP contribution >= 0.6 is 0 Å². The molecule has 24 heavy (non-hydrogen) atoms. The Labute approximate surface area is 142 Å². The van der Waals surface area contributed by atoms with E-state index in [2.05, 4.69) is 28.2 Å². The van der Waals surface area contributed by atoms with Gasteiger partial charge in [-0.2, -0.15) is 0 Å². The summed E-state index contributed by atoms with van der Waals surface area (Å²) in [5, 5.41) is 3.81. The summed E-state index contributed by atoms with van der Waals surface area (Å²) in [7, 11) is 2.14. The van der Waals surface area contributed by atoms with E-state index < -0.39 is 0 Å². The second kappa shape index (κ2) is 7.57. The number of carbonyl (C=O) groups is 1. The van der Waals surface area contributed by atoms with Gasteiger partial charge < -0.3 is 9.42 Å². The Bertz CT molecular complexity index is 671. The highest BCUT2D eigenvalue weighted by molar-refractivity contribution is 5.91. The molecule has 1 atom stereocenters. The summed E-state index contributed by atoms with van der Waals surface area (Å²) < 4.78 is 5.11. The highest BCUT2D eigenvalue weighted by Crippen LogP contribution is 2.19. The lowest BCUT2D eigenvalue weighted by atomic mass is 10.1. The Balaban J connectivity index is 1.57. The summed E-state index contributed by atoms with van der Waals surface area (Å²) in [5.74, 6) is 0.288. The molecular weight excluding hydrogens is 304 g/mol. The smallest absolute Gasteiger partial charge is 0.292 e. The first-order valence-electron chi connectivity index (χ1n) is 8.46. The average Bonchev–Trinajstić information content (AvgIpc) is 2.87. The van der Waals surface area contributed by atoms with Gasteiger partial charge in [0, 0.05) is 37.9 Å². The number of pyridine rings is 1. The van der Waals surface area contributed by atoms with Gasteiger partial charge in [-0.05, 0) is 45.4 Å². The third-order valence-corrected chi connectivity index (χ3v) is 4.58. The van der Waals surface area contributed by atoms with E-state index >= 15 is 0 Å². The maximum Gasteiger partial charge on any atom is 0.292 e. The molecule has 0 N–H and O–H groups in total. The minimum atomic E-state index is -0.0522. The van der Waals surface area contributed by atoms with Gasteiger partial charge in [0.15, 0.2) is 0 Å². The lowest BCUT2D eigenvalue weighted by Gasteiger charge is -2.26. The van der Waals surface area contributed by atoms with E-state index in [1.807, 2.05) is 30.2 Å². The number of amides is 1. The molecule has 1 amide bonds. The first kappa shape index (κ1) is 16.6. The predicted octanol–water partition coefficient (Wildman–Crippen LogP) is 2.50. The van der Waals surface area contributed by atoms with Gasteiger partial charge in [-0.1, -0.05) is 11.2 Å². The van der Waals surface area contributed by atoms with E-state index in [1.165, 1.54) is 0 Å². The lowest BCUT2D eigenvalue weighted by molar-refractivity contribution is 0.0715. The van der Waals surface area contributed by atoms with Crippen molar-refractivity contribution < 1.29 is 9.32 Å². The van der Waals surface area contributed by atoms with Crippen LogP contribution in [-0.4, -0.2) is 52.0 Å². The van der Waals surface area contributed by atoms with Gasteiger partial charge in [0.2, 0.25) is 5.76 Å². The quantitative estimate of drug-likeness (QED) is 0.863. The van der Waals surface area contributed by atoms with Crippen LogP contribution in [-0.2, 0) is 6.54 Å². The number of hydrogen-bond acceptors (Lipinski definition) is 5. The molecule has 1 saturated heterocycles. The number of likely N-dealkylation sites (tertiary alicyclic amines) is 1. The van der Waals surface area contributed by atoms with Gasteiger partial charge in [-0.25, -0.2) is 0 Å². The minimum Gasteiger partial charge on any atom is -0.351 e. The van der Waals surface area contributed by atoms with Gasteiger partial charge in [-0.15, -0.1) is 0 Å². The largest absolute Gasteiger partial charge is 0.351 e. The van der Waals surface area contributed by atoms with Crippen LogP contribution < -0.4 is 0 Å². The second-order valence-corrected chi connectivity index (χ2v) is 6.45. The molecule has 6 nitrogen and oxygen atoms in total. The van der Waals surface area contributed by atoms with Crippen LogP contribution in [0.3, 0.4) is 0 Å². The fourth-order valence-corrected chi connectivity index (χ4v) is 3.22. The zero-order chi connectivity index (χ0) is 16.9. The monoisotopic (exact) mass is 328 g/mol. The summed E-state index contributed by atoms with van der Waals surface area (Å²) in [6, 6.07) is 8.17. The van der Waals surface area contributed by atoms with E-state index in [0.29, 0.717) is 11.8 Å². The molecule has 3 rings (SSSR count). The number of aryl methyl sites for hydroxylation is 1. The molecule has 1 unspecified atom stereocenters. The predicted molar refractivity (Wildman–Crippen MR) is 90.5 cm³/mol. The Morgan fingerprint density at radius 1 is 1.38 bits per heavy atom. The van der Waals surface area contributed by atoms with E-state index in [0.717, 1.165) is 50.3 Å². The van der Waals surface area contributed by atoms with Gasteiger partial charge in [0.05, 0.1) is 11.4 Å². The van der Waals surface area contributed by atoms with E-state index in [1.54, 1.807) is 6.07 Å². The molecule has 0 bridgehead atoms. The van der Waals surface area contributed by atoms with E-state index in [9.17, 15) is 4.79 Å². The molecule has 0 saturated carbocycles. The fourth-order valence-electron chi connectivity index (χ4n) is 3.22. The first-order valence-corrected chi connectivity index (χ1v) is 8.46. The van der Waals surface area contributed by atoms with Gasteiger partial charge in [0.25, 0.3) is 5.91 Å². The van der Waals surface area contributed by atoms with Crippen molar-refractivity contribution in [3.8, 4) is 0 Å². The summed E-state index contributed by atoms with van der Waals surface area (Å²) in [6.45, 7) is 4.17. The first-order chi connectivity index (χ1) is 11.6. The van der Waals surface area contributed by atoms with E-state index in [4.69, 9.17) is 4.52 Å². The van der Waals surface area contributed by atoms with Crippen molar-refractivity contribution in [2.75, 3.05) is 20.1 Å². The average molecular weight is 328 g/mol. The number of aromatic nitrogens is 2. The fraction of sp³-hybridized carbons (Fsp3) is 0.500. The zero-order valence-electron chi connectivity index (χ0n) is 14.3. The number of hydrogen-bond donors (Lipinski definition) is 0. The zero-order valence-corrected chi connectivity index (χ0v) is 14.3. The van der Waals surface area contributed by atoms with Crippen LogP contribution in [0.1, 0.15) is 41.2 Å². The highest BCUT2D eigenvalue weighted by Gasteiger charge is 2.25. The van der Waals surface area contributed by atoms with Crippen LogP contribution in [0.4, 0.5) is 0 Å². The standard InChI is InChI=1S/C18H24N4O2/c1-14-12-17(24-20-14)18(23)22-10-5-7-16(8-11-22)21(2)13-15-6-3-4-9-19-15/h3-4,6,9,12,16H,5,7-8,10-11,13H2,1-2H3. The number of rotatable bonds is 4. The second-order valence-electron chi connectivity index (χ2n) is 6.45. The molecule has 128 valence electrons. The Morgan fingerprint density at radius 2 is 2.25 bits per heavy atom. The Kier molecular flexibility index (Phi) is 5.25. The van der Waals surface area contributed by atoms with Crippen molar-refractivity contribution in [2.24, 2.45) is 0 Å². The number of nitrogens with zero attached hydrogens (tertiary/aromatic N) is 4. The number of carbonyl (C=O) groups excluding carboxylic acids is 1. The van der Waals surface area contributed by atoms with Gasteiger partial charge >= 0.3 is 0 Å². The van der Waals surface area contributed by atoms with Gasteiger partial charge in [0.1, 0.15) is 0 Å². The summed E-state index contributed by atoms with van der Waals surface area (Å²) in [4.78, 5) is 21.1. The maximum absolute atomic E-state index is 12.5. The van der Waals surface area contributed by atoms with Gasteiger partial charge in [-0.3, -0.25) is 14.7 Å². The normalized spacial score (nSPS) is 18.6. The molecule has 6 heteroatoms. The Morgan fingerprint density at radius 3 is 2.96 bits per heavy atom. The van der Waals surface area contributed by atoms with Crippen molar-refractivity contribution in [3.63, 3.8) is 0 Å². The third kappa shape index (κ3) is 4.00. The summed E-state index contributed by atoms with van der Waals surface area (Å²) >= 11 is 0. The van der Waals surface area contributed by atoms with Crippen LogP contribution in [0.25, 0.3) is 0 Å². The molecule has 1 aliphatic heterocycles. The van der Waals surface area contributed by atoms with Crippen molar-refractivity contribution >= 4 is 5.91 Å². The molecule has 0 aliphatic carbocycles. The lowest BCUT2D eigenvalue weighted by Crippen LogP contribution is -2.34.